The molecule has 0 saturated carbocycles. The summed E-state index contributed by atoms with van der Waals surface area (Å²) in [5.74, 6) is -0.105. The number of nitrogens with zero attached hydrogens (tertiary/aromatic N) is 2. The van der Waals surface area contributed by atoms with Gasteiger partial charge in [-0.3, -0.25) is 4.79 Å². The van der Waals surface area contributed by atoms with Crippen LogP contribution in [0.2, 0.25) is 0 Å². The average Bonchev–Trinajstić information content (AvgIpc) is 2.63. The van der Waals surface area contributed by atoms with Crippen LogP contribution in [0.25, 0.3) is 17.7 Å². The van der Waals surface area contributed by atoms with E-state index in [9.17, 15) is 14.3 Å². The fraction of sp³-hybridized carbons (Fsp3) is 0.381. The van der Waals surface area contributed by atoms with Crippen LogP contribution >= 0.6 is 0 Å². The zero-order valence-electron chi connectivity index (χ0n) is 15.7. The predicted molar refractivity (Wildman–Crippen MR) is 104 cm³/mol. The Morgan fingerprint density at radius 2 is 2.04 bits per heavy atom. The van der Waals surface area contributed by atoms with Crippen LogP contribution in [0.15, 0.2) is 30.6 Å². The summed E-state index contributed by atoms with van der Waals surface area (Å²) in [5, 5.41) is 10.3. The van der Waals surface area contributed by atoms with Crippen LogP contribution in [0.5, 0.6) is 0 Å². The van der Waals surface area contributed by atoms with Crippen molar-refractivity contribution in [2.45, 2.75) is 40.0 Å². The Bertz CT molecular complexity index is 806. The molecule has 5 heteroatoms. The molecule has 4 nitrogen and oxygen atoms in total. The predicted octanol–water partition coefficient (Wildman–Crippen LogP) is 2.65. The molecule has 0 aliphatic carbocycles. The average molecular weight is 358 g/mol. The molecule has 1 heterocycles. The lowest BCUT2D eigenvalue weighted by molar-refractivity contribution is -0.103. The second kappa shape index (κ2) is 11.3. The number of hydrogen-bond acceptors (Lipinski definition) is 4. The van der Waals surface area contributed by atoms with E-state index in [0.717, 1.165) is 18.5 Å². The van der Waals surface area contributed by atoms with Crippen LogP contribution in [0.3, 0.4) is 0 Å². The summed E-state index contributed by atoms with van der Waals surface area (Å²) >= 11 is 0. The standard InChI is InChI=1S/C21H27FN2O2/c1-5-17(11-10-16(4)22)21-20(9-7-8-15(3)14-26)23-18(6-2)19(24-21)12-13-25/h5-6,10-13,15,26H,1,7-9,14H2,2-4H3/b16-10+,17-11+,18-6+,19-12+. The van der Waals surface area contributed by atoms with Crippen molar-refractivity contribution >= 4 is 24.0 Å². The Balaban J connectivity index is 3.47. The SMILES string of the molecule is C=C/C(=C\C=C(/C)F)c1nc(=C/C=O)/c(=C\C)nc1CCCC(C)CO. The molecule has 1 unspecified atom stereocenters. The third-order valence-corrected chi connectivity index (χ3v) is 3.93. The third kappa shape index (κ3) is 6.48. The largest absolute Gasteiger partial charge is 0.396 e. The maximum Gasteiger partial charge on any atom is 0.145 e. The van der Waals surface area contributed by atoms with E-state index in [0.29, 0.717) is 34.7 Å². The molecule has 0 fully saturated rings. The molecule has 1 rings (SSSR count). The molecule has 0 radical (unpaired) electrons. The summed E-state index contributed by atoms with van der Waals surface area (Å²) in [6, 6.07) is 0. The number of halogens is 1. The van der Waals surface area contributed by atoms with Crippen LogP contribution in [-0.2, 0) is 11.2 Å². The summed E-state index contributed by atoms with van der Waals surface area (Å²) in [6.45, 7) is 9.13. The number of aldehydes is 1. The first-order valence-corrected chi connectivity index (χ1v) is 8.73. The maximum absolute atomic E-state index is 13.1. The first-order valence-electron chi connectivity index (χ1n) is 8.73. The molecule has 1 aromatic heterocycles. The van der Waals surface area contributed by atoms with E-state index in [1.165, 1.54) is 19.1 Å². The second-order valence-electron chi connectivity index (χ2n) is 6.14. The van der Waals surface area contributed by atoms with E-state index in [4.69, 9.17) is 0 Å². The lowest BCUT2D eigenvalue weighted by Crippen LogP contribution is -2.34. The van der Waals surface area contributed by atoms with Gasteiger partial charge < -0.3 is 5.11 Å². The van der Waals surface area contributed by atoms with Gasteiger partial charge in [-0.05, 0) is 45.1 Å². The number of rotatable bonds is 9. The minimum Gasteiger partial charge on any atom is -0.396 e. The Morgan fingerprint density at radius 3 is 2.58 bits per heavy atom. The van der Waals surface area contributed by atoms with E-state index in [2.05, 4.69) is 16.5 Å². The summed E-state index contributed by atoms with van der Waals surface area (Å²) in [5.41, 5.74) is 2.00. The van der Waals surface area contributed by atoms with Gasteiger partial charge in [-0.25, -0.2) is 14.4 Å². The number of aliphatic hydroxyl groups is 1. The maximum atomic E-state index is 13.1. The molecule has 1 atom stereocenters. The van der Waals surface area contributed by atoms with Gasteiger partial charge in [-0.15, -0.1) is 0 Å². The minimum atomic E-state index is -0.325. The minimum absolute atomic E-state index is 0.151. The van der Waals surface area contributed by atoms with Crippen molar-refractivity contribution in [1.29, 1.82) is 0 Å². The molecule has 0 saturated heterocycles. The van der Waals surface area contributed by atoms with Crippen LogP contribution < -0.4 is 10.7 Å². The summed E-state index contributed by atoms with van der Waals surface area (Å²) in [4.78, 5) is 20.2. The normalized spacial score (nSPS) is 15.3. The van der Waals surface area contributed by atoms with E-state index < -0.39 is 0 Å². The number of carbonyl (C=O) groups is 1. The number of carbonyl (C=O) groups excluding carboxylic acids is 1. The highest BCUT2D eigenvalue weighted by Gasteiger charge is 2.11. The fourth-order valence-electron chi connectivity index (χ4n) is 2.46. The molecular weight excluding hydrogens is 331 g/mol. The van der Waals surface area contributed by atoms with Crippen LogP contribution in [0.1, 0.15) is 45.0 Å². The van der Waals surface area contributed by atoms with Gasteiger partial charge in [-0.1, -0.05) is 31.7 Å². The van der Waals surface area contributed by atoms with Gasteiger partial charge in [0.1, 0.15) is 6.29 Å². The number of aromatic nitrogens is 2. The van der Waals surface area contributed by atoms with Crippen molar-refractivity contribution in [2.24, 2.45) is 5.92 Å². The Labute approximate surface area is 154 Å². The van der Waals surface area contributed by atoms with Crippen LogP contribution in [0, 0.1) is 5.92 Å². The van der Waals surface area contributed by atoms with Gasteiger partial charge in [0, 0.05) is 18.3 Å². The molecule has 0 aromatic carbocycles. The molecule has 0 amide bonds. The lowest BCUT2D eigenvalue weighted by Gasteiger charge is -2.11. The summed E-state index contributed by atoms with van der Waals surface area (Å²) in [7, 11) is 0. The Morgan fingerprint density at radius 1 is 1.31 bits per heavy atom. The monoisotopic (exact) mass is 358 g/mol. The fourth-order valence-corrected chi connectivity index (χ4v) is 2.46. The highest BCUT2D eigenvalue weighted by atomic mass is 19.1. The van der Waals surface area contributed by atoms with Crippen molar-refractivity contribution in [2.75, 3.05) is 6.61 Å². The zero-order chi connectivity index (χ0) is 19.5. The van der Waals surface area contributed by atoms with Gasteiger partial charge in [0.05, 0.1) is 27.9 Å². The third-order valence-electron chi connectivity index (χ3n) is 3.93. The van der Waals surface area contributed by atoms with Crippen molar-refractivity contribution in [3.8, 4) is 0 Å². The van der Waals surface area contributed by atoms with E-state index in [-0.39, 0.29) is 18.4 Å². The molecule has 1 N–H and O–H groups in total. The molecule has 26 heavy (non-hydrogen) atoms. The molecule has 140 valence electrons. The van der Waals surface area contributed by atoms with Crippen molar-refractivity contribution in [3.05, 3.63) is 52.7 Å². The Kier molecular flexibility index (Phi) is 9.37. The smallest absolute Gasteiger partial charge is 0.145 e. The van der Waals surface area contributed by atoms with Crippen molar-refractivity contribution < 1.29 is 14.3 Å². The van der Waals surface area contributed by atoms with Crippen molar-refractivity contribution in [1.82, 2.24) is 9.97 Å². The highest BCUT2D eigenvalue weighted by Crippen LogP contribution is 2.18. The summed E-state index contributed by atoms with van der Waals surface area (Å²) < 4.78 is 13.1. The van der Waals surface area contributed by atoms with Crippen molar-refractivity contribution in [3.63, 3.8) is 0 Å². The lowest BCUT2D eigenvalue weighted by atomic mass is 10.0. The van der Waals surface area contributed by atoms with Crippen LogP contribution in [0.4, 0.5) is 4.39 Å². The van der Waals surface area contributed by atoms with Gasteiger partial charge in [0.2, 0.25) is 0 Å². The first kappa shape index (κ1) is 21.6. The summed E-state index contributed by atoms with van der Waals surface area (Å²) in [6.07, 6.45) is 10.8. The van der Waals surface area contributed by atoms with E-state index in [1.807, 2.05) is 13.8 Å². The van der Waals surface area contributed by atoms with E-state index >= 15 is 0 Å². The van der Waals surface area contributed by atoms with Gasteiger partial charge in [-0.2, -0.15) is 0 Å². The first-order chi connectivity index (χ1) is 12.5. The Hall–Kier alpha value is -2.40. The quantitative estimate of drug-likeness (QED) is 0.544. The van der Waals surface area contributed by atoms with Crippen LogP contribution in [-0.4, -0.2) is 28.0 Å². The number of hydrogen-bond donors (Lipinski definition) is 1. The van der Waals surface area contributed by atoms with Gasteiger partial charge in [0.25, 0.3) is 0 Å². The van der Waals surface area contributed by atoms with Gasteiger partial charge >= 0.3 is 0 Å². The molecule has 0 spiro atoms. The molecular formula is C21H27FN2O2. The molecule has 0 bridgehead atoms. The number of allylic oxidation sites excluding steroid dienone is 5. The number of aliphatic hydroxyl groups excluding tert-OH is 1. The van der Waals surface area contributed by atoms with E-state index in [1.54, 1.807) is 18.2 Å². The topological polar surface area (TPSA) is 63.1 Å². The number of aryl methyl sites for hydroxylation is 1. The van der Waals surface area contributed by atoms with Gasteiger partial charge in [0.15, 0.2) is 0 Å². The molecule has 0 aliphatic rings. The zero-order valence-corrected chi connectivity index (χ0v) is 15.7. The molecule has 0 aliphatic heterocycles. The molecule has 1 aromatic rings. The second-order valence-corrected chi connectivity index (χ2v) is 6.14. The highest BCUT2D eigenvalue weighted by molar-refractivity contribution is 5.86.